The number of carboxylic acids is 1. The fraction of sp³-hybridized carbons (Fsp3) is 0.562. The van der Waals surface area contributed by atoms with E-state index in [0.29, 0.717) is 6.54 Å². The van der Waals surface area contributed by atoms with Crippen molar-refractivity contribution < 1.29 is 14.6 Å². The number of benzene rings is 1. The molecule has 4 heteroatoms. The Morgan fingerprint density at radius 2 is 1.95 bits per heavy atom. The minimum absolute atomic E-state index is 0.141. The minimum Gasteiger partial charge on any atom is -0.481 e. The zero-order chi connectivity index (χ0) is 15.2. The second kappa shape index (κ2) is 7.29. The first-order valence-corrected chi connectivity index (χ1v) is 6.93. The molecule has 0 aliphatic carbocycles. The first kappa shape index (κ1) is 16.5. The van der Waals surface area contributed by atoms with Crippen LogP contribution in [0.1, 0.15) is 32.3 Å². The lowest BCUT2D eigenvalue weighted by atomic mass is 10.0. The summed E-state index contributed by atoms with van der Waals surface area (Å²) in [7, 11) is 1.70. The number of rotatable bonds is 8. The first-order chi connectivity index (χ1) is 9.35. The normalized spacial score (nSPS) is 11.4. The van der Waals surface area contributed by atoms with Crippen LogP contribution < -0.4 is 4.90 Å². The Balaban J connectivity index is 2.80. The predicted octanol–water partition coefficient (Wildman–Crippen LogP) is 3.09. The minimum atomic E-state index is -0.769. The highest BCUT2D eigenvalue weighted by atomic mass is 16.5. The number of aryl methyl sites for hydroxylation is 1. The molecule has 0 aromatic heterocycles. The van der Waals surface area contributed by atoms with Gasteiger partial charge in [-0.05, 0) is 38.8 Å². The van der Waals surface area contributed by atoms with Crippen LogP contribution in [-0.2, 0) is 9.53 Å². The average Bonchev–Trinajstić information content (AvgIpc) is 2.40. The summed E-state index contributed by atoms with van der Waals surface area (Å²) >= 11 is 0. The molecule has 1 aromatic rings. The monoisotopic (exact) mass is 279 g/mol. The maximum atomic E-state index is 10.8. The van der Waals surface area contributed by atoms with Gasteiger partial charge in [0.15, 0.2) is 0 Å². The summed E-state index contributed by atoms with van der Waals surface area (Å²) in [4.78, 5) is 13.0. The lowest BCUT2D eigenvalue weighted by Gasteiger charge is -2.30. The number of ether oxygens (including phenoxy) is 1. The van der Waals surface area contributed by atoms with E-state index in [9.17, 15) is 4.79 Å². The van der Waals surface area contributed by atoms with E-state index in [1.807, 2.05) is 45.0 Å². The van der Waals surface area contributed by atoms with Crippen LogP contribution in [0.15, 0.2) is 24.3 Å². The van der Waals surface area contributed by atoms with Crippen molar-refractivity contribution in [2.75, 3.05) is 25.1 Å². The van der Waals surface area contributed by atoms with Crippen LogP contribution in [0.25, 0.3) is 0 Å². The Morgan fingerprint density at radius 1 is 1.30 bits per heavy atom. The van der Waals surface area contributed by atoms with Crippen LogP contribution >= 0.6 is 0 Å². The summed E-state index contributed by atoms with van der Waals surface area (Å²) in [6, 6.07) is 8.06. The van der Waals surface area contributed by atoms with Gasteiger partial charge < -0.3 is 14.7 Å². The molecule has 1 rings (SSSR count). The third-order valence-electron chi connectivity index (χ3n) is 3.59. The number of carboxylic acid groups (broad SMARTS) is 1. The highest BCUT2D eigenvalue weighted by Gasteiger charge is 2.19. The Hall–Kier alpha value is -1.55. The molecule has 0 atom stereocenters. The van der Waals surface area contributed by atoms with Gasteiger partial charge in [-0.3, -0.25) is 4.79 Å². The van der Waals surface area contributed by atoms with Crippen molar-refractivity contribution in [2.24, 2.45) is 0 Å². The Bertz CT molecular complexity index is 443. The lowest BCUT2D eigenvalue weighted by molar-refractivity contribution is -0.136. The molecule has 112 valence electrons. The van der Waals surface area contributed by atoms with E-state index >= 15 is 0 Å². The van der Waals surface area contributed by atoms with Crippen molar-refractivity contribution in [3.05, 3.63) is 29.8 Å². The second-order valence-electron chi connectivity index (χ2n) is 5.63. The van der Waals surface area contributed by atoms with Gasteiger partial charge in [0.05, 0.1) is 12.0 Å². The van der Waals surface area contributed by atoms with Gasteiger partial charge in [0.2, 0.25) is 0 Å². The molecule has 0 spiro atoms. The van der Waals surface area contributed by atoms with E-state index < -0.39 is 5.97 Å². The molecule has 0 amide bonds. The Kier molecular flexibility index (Phi) is 6.02. The van der Waals surface area contributed by atoms with Crippen LogP contribution in [-0.4, -0.2) is 36.9 Å². The first-order valence-electron chi connectivity index (χ1n) is 6.93. The zero-order valence-electron chi connectivity index (χ0n) is 12.8. The second-order valence-corrected chi connectivity index (χ2v) is 5.63. The summed E-state index contributed by atoms with van der Waals surface area (Å²) in [6.45, 7) is 7.42. The molecule has 0 saturated heterocycles. The summed E-state index contributed by atoms with van der Waals surface area (Å²) in [5.41, 5.74) is 2.05. The molecule has 0 heterocycles. The molecule has 4 nitrogen and oxygen atoms in total. The standard InChI is InChI=1S/C16H25NO3/c1-13-7-5-6-8-14(13)17(11-9-15(18)19)12-10-16(2,3)20-4/h5-8H,9-12H2,1-4H3,(H,18,19). The smallest absolute Gasteiger partial charge is 0.305 e. The summed E-state index contributed by atoms with van der Waals surface area (Å²) in [5, 5.41) is 8.90. The zero-order valence-corrected chi connectivity index (χ0v) is 12.8. The molecular formula is C16H25NO3. The van der Waals surface area contributed by atoms with E-state index in [0.717, 1.165) is 24.2 Å². The lowest BCUT2D eigenvalue weighted by Crippen LogP contribution is -2.34. The molecular weight excluding hydrogens is 254 g/mol. The molecule has 1 aromatic carbocycles. The van der Waals surface area contributed by atoms with E-state index in [2.05, 4.69) is 4.90 Å². The van der Waals surface area contributed by atoms with Crippen LogP contribution in [0.5, 0.6) is 0 Å². The third kappa shape index (κ3) is 5.21. The number of hydrogen-bond acceptors (Lipinski definition) is 3. The van der Waals surface area contributed by atoms with Crippen LogP contribution in [0.4, 0.5) is 5.69 Å². The van der Waals surface area contributed by atoms with Crippen LogP contribution in [0, 0.1) is 6.92 Å². The fourth-order valence-electron chi connectivity index (χ4n) is 2.01. The topological polar surface area (TPSA) is 49.8 Å². The molecule has 0 fully saturated rings. The number of aliphatic carboxylic acids is 1. The Labute approximate surface area is 121 Å². The molecule has 0 saturated carbocycles. The molecule has 0 bridgehead atoms. The Morgan fingerprint density at radius 3 is 2.50 bits per heavy atom. The highest BCUT2D eigenvalue weighted by Crippen LogP contribution is 2.22. The van der Waals surface area contributed by atoms with E-state index in [-0.39, 0.29) is 12.0 Å². The quantitative estimate of drug-likeness (QED) is 0.794. The van der Waals surface area contributed by atoms with E-state index in [4.69, 9.17) is 9.84 Å². The van der Waals surface area contributed by atoms with Crippen molar-refractivity contribution in [2.45, 2.75) is 39.2 Å². The molecule has 0 radical (unpaired) electrons. The maximum absolute atomic E-state index is 10.8. The summed E-state index contributed by atoms with van der Waals surface area (Å²) in [5.74, 6) is -0.769. The van der Waals surface area contributed by atoms with E-state index in [1.54, 1.807) is 7.11 Å². The van der Waals surface area contributed by atoms with Gasteiger partial charge in [0.25, 0.3) is 0 Å². The van der Waals surface area contributed by atoms with Crippen molar-refractivity contribution >= 4 is 11.7 Å². The van der Waals surface area contributed by atoms with Gasteiger partial charge in [-0.15, -0.1) is 0 Å². The van der Waals surface area contributed by atoms with E-state index in [1.165, 1.54) is 0 Å². The predicted molar refractivity (Wildman–Crippen MR) is 81.3 cm³/mol. The summed E-state index contributed by atoms with van der Waals surface area (Å²) in [6.07, 6.45) is 0.985. The van der Waals surface area contributed by atoms with Crippen LogP contribution in [0.2, 0.25) is 0 Å². The number of carbonyl (C=O) groups is 1. The summed E-state index contributed by atoms with van der Waals surface area (Å²) < 4.78 is 5.44. The fourth-order valence-corrected chi connectivity index (χ4v) is 2.01. The van der Waals surface area contributed by atoms with Crippen molar-refractivity contribution in [1.82, 2.24) is 0 Å². The van der Waals surface area contributed by atoms with Gasteiger partial charge in [-0.25, -0.2) is 0 Å². The van der Waals surface area contributed by atoms with Gasteiger partial charge in [-0.1, -0.05) is 18.2 Å². The number of anilines is 1. The van der Waals surface area contributed by atoms with Gasteiger partial charge >= 0.3 is 5.97 Å². The van der Waals surface area contributed by atoms with Gasteiger partial charge in [-0.2, -0.15) is 0 Å². The van der Waals surface area contributed by atoms with Crippen molar-refractivity contribution in [3.63, 3.8) is 0 Å². The largest absolute Gasteiger partial charge is 0.481 e. The number of para-hydroxylation sites is 1. The number of nitrogens with zero attached hydrogens (tertiary/aromatic N) is 1. The van der Waals surface area contributed by atoms with Crippen molar-refractivity contribution in [3.8, 4) is 0 Å². The highest BCUT2D eigenvalue weighted by molar-refractivity contribution is 5.68. The van der Waals surface area contributed by atoms with Gasteiger partial charge in [0.1, 0.15) is 0 Å². The third-order valence-corrected chi connectivity index (χ3v) is 3.59. The van der Waals surface area contributed by atoms with Crippen molar-refractivity contribution in [1.29, 1.82) is 0 Å². The number of hydrogen-bond donors (Lipinski definition) is 1. The number of methoxy groups -OCH3 is 1. The average molecular weight is 279 g/mol. The molecule has 20 heavy (non-hydrogen) atoms. The van der Waals surface area contributed by atoms with Gasteiger partial charge in [0, 0.05) is 25.9 Å². The molecule has 0 unspecified atom stereocenters. The molecule has 1 N–H and O–H groups in total. The maximum Gasteiger partial charge on any atom is 0.305 e. The molecule has 0 aliphatic rings. The molecule has 0 aliphatic heterocycles. The SMILES string of the molecule is COC(C)(C)CCN(CCC(=O)O)c1ccccc1C. The van der Waals surface area contributed by atoms with Crippen LogP contribution in [0.3, 0.4) is 0 Å².